The second-order valence-corrected chi connectivity index (χ2v) is 14.5. The summed E-state index contributed by atoms with van der Waals surface area (Å²) in [6.45, 7) is 16.4. The summed E-state index contributed by atoms with van der Waals surface area (Å²) in [4.78, 5) is 11.5. The molecule has 3 fully saturated rings. The van der Waals surface area contributed by atoms with Crippen LogP contribution in [-0.2, 0) is 14.2 Å². The molecule has 0 bridgehead atoms. The summed E-state index contributed by atoms with van der Waals surface area (Å²) >= 11 is 0. The minimum atomic E-state index is -1.19. The molecule has 5 nitrogen and oxygen atoms in total. The first-order chi connectivity index (χ1) is 18.6. The van der Waals surface area contributed by atoms with Crippen LogP contribution in [0.1, 0.15) is 112 Å². The molecule has 0 aromatic carbocycles. The maximum absolute atomic E-state index is 11.5. The molecule has 39 heavy (non-hydrogen) atoms. The first kappa shape index (κ1) is 30.9. The van der Waals surface area contributed by atoms with Crippen molar-refractivity contribution in [1.29, 1.82) is 0 Å². The predicted octanol–water partition coefficient (Wildman–Crippen LogP) is 8.76. The van der Waals surface area contributed by atoms with E-state index in [4.69, 9.17) is 14.2 Å². The van der Waals surface area contributed by atoms with E-state index in [9.17, 15) is 9.90 Å². The van der Waals surface area contributed by atoms with E-state index < -0.39 is 12.3 Å². The molecule has 1 N–H and O–H groups in total. The molecule has 3 saturated carbocycles. The Hall–Kier alpha value is -1.07. The van der Waals surface area contributed by atoms with Crippen molar-refractivity contribution in [3.05, 3.63) is 11.6 Å². The molecule has 4 aliphatic carbocycles. The topological polar surface area (TPSA) is 65.0 Å². The summed E-state index contributed by atoms with van der Waals surface area (Å²) in [5.74, 6) is 5.20. The van der Waals surface area contributed by atoms with Crippen molar-refractivity contribution in [2.75, 3.05) is 26.4 Å². The van der Waals surface area contributed by atoms with Gasteiger partial charge in [-0.2, -0.15) is 0 Å². The molecular weight excluding hydrogens is 488 g/mol. The number of hydrogen-bond acceptors (Lipinski definition) is 4. The van der Waals surface area contributed by atoms with E-state index in [-0.39, 0.29) is 11.3 Å². The van der Waals surface area contributed by atoms with Gasteiger partial charge in [0.25, 0.3) is 0 Å². The minimum Gasteiger partial charge on any atom is -0.450 e. The van der Waals surface area contributed by atoms with Crippen molar-refractivity contribution < 1.29 is 24.1 Å². The normalized spacial score (nSPS) is 37.4. The van der Waals surface area contributed by atoms with Crippen LogP contribution in [0.2, 0.25) is 0 Å². The zero-order chi connectivity index (χ0) is 28.2. The smallest absolute Gasteiger partial charge is 0.450 e. The average Bonchev–Trinajstić information content (AvgIpc) is 3.24. The van der Waals surface area contributed by atoms with Gasteiger partial charge in [0.05, 0.1) is 19.8 Å². The summed E-state index contributed by atoms with van der Waals surface area (Å²) < 4.78 is 16.5. The molecule has 9 atom stereocenters. The molecule has 0 aromatic rings. The van der Waals surface area contributed by atoms with Crippen LogP contribution in [0.3, 0.4) is 0 Å². The van der Waals surface area contributed by atoms with Gasteiger partial charge in [-0.25, -0.2) is 4.79 Å². The third-order valence-corrected chi connectivity index (χ3v) is 12.0. The molecule has 0 aromatic heterocycles. The summed E-state index contributed by atoms with van der Waals surface area (Å²) in [7, 11) is 0. The quantitative estimate of drug-likeness (QED) is 0.142. The van der Waals surface area contributed by atoms with Crippen molar-refractivity contribution in [1.82, 2.24) is 0 Å². The molecule has 4 rings (SSSR count). The van der Waals surface area contributed by atoms with Crippen LogP contribution in [0.4, 0.5) is 4.79 Å². The van der Waals surface area contributed by atoms with E-state index in [2.05, 4.69) is 40.7 Å². The number of hydrogen-bond donors (Lipinski definition) is 1. The zero-order valence-electron chi connectivity index (χ0n) is 25.9. The van der Waals surface area contributed by atoms with E-state index >= 15 is 0 Å². The average molecular weight is 547 g/mol. The van der Waals surface area contributed by atoms with Crippen LogP contribution in [0.25, 0.3) is 0 Å². The maximum Gasteiger partial charge on any atom is 0.506 e. The van der Waals surface area contributed by atoms with Crippen molar-refractivity contribution in [2.24, 2.45) is 52.3 Å². The maximum atomic E-state index is 11.5. The Morgan fingerprint density at radius 2 is 1.79 bits per heavy atom. The standard InChI is InChI=1S/C34H58O5/c1-7-37-19-20-38-22-31(39-32(35)36)25-15-17-33(5)26(21-25)11-12-27-29-14-13-28(24(4)10-8-9-23(2)3)34(29,6)18-16-30(27)33/h11,23-25,27-31H,7-10,12-22H2,1-6H3,(H,35,36)/t24-,25?,27?,28-,29?,30?,31?,33+,34-/m1/s1. The van der Waals surface area contributed by atoms with Crippen LogP contribution >= 0.6 is 0 Å². The van der Waals surface area contributed by atoms with Gasteiger partial charge in [0.2, 0.25) is 0 Å². The molecule has 0 heterocycles. The van der Waals surface area contributed by atoms with Crippen LogP contribution in [-0.4, -0.2) is 43.8 Å². The SMILES string of the molecule is CCOCCOCC(OC(=O)O)C1CC[C@@]2(C)C(=CCC3C2CC[C@@]2(C)C3CC[C@@H]2[C@H](C)CCCC(C)C)C1. The Morgan fingerprint density at radius 3 is 2.51 bits per heavy atom. The molecule has 0 aliphatic heterocycles. The van der Waals surface area contributed by atoms with Crippen molar-refractivity contribution in [2.45, 2.75) is 118 Å². The number of fused-ring (bicyclic) bond motifs is 5. The van der Waals surface area contributed by atoms with E-state index in [1.165, 1.54) is 51.4 Å². The first-order valence-corrected chi connectivity index (χ1v) is 16.3. The van der Waals surface area contributed by atoms with E-state index in [1.54, 1.807) is 5.57 Å². The lowest BCUT2D eigenvalue weighted by Crippen LogP contribution is -2.51. The highest BCUT2D eigenvalue weighted by atomic mass is 16.7. The molecular formula is C34H58O5. The number of allylic oxidation sites excluding steroid dienone is 2. The van der Waals surface area contributed by atoms with Crippen molar-refractivity contribution in [3.63, 3.8) is 0 Å². The van der Waals surface area contributed by atoms with Gasteiger partial charge >= 0.3 is 6.16 Å². The Morgan fingerprint density at radius 1 is 1.03 bits per heavy atom. The lowest BCUT2D eigenvalue weighted by molar-refractivity contribution is -0.0695. The van der Waals surface area contributed by atoms with Crippen LogP contribution in [0, 0.1) is 52.3 Å². The molecule has 224 valence electrons. The molecule has 0 radical (unpaired) electrons. The fourth-order valence-electron chi connectivity index (χ4n) is 9.89. The molecule has 0 spiro atoms. The number of ether oxygens (including phenoxy) is 3. The number of carboxylic acid groups (broad SMARTS) is 1. The van der Waals surface area contributed by atoms with Gasteiger partial charge in [-0.3, -0.25) is 0 Å². The lowest BCUT2D eigenvalue weighted by atomic mass is 9.46. The Bertz CT molecular complexity index is 837. The summed E-state index contributed by atoms with van der Waals surface area (Å²) in [6.07, 6.45) is 15.1. The van der Waals surface area contributed by atoms with Gasteiger partial charge in [0.1, 0.15) is 6.10 Å². The van der Waals surface area contributed by atoms with Crippen molar-refractivity contribution in [3.8, 4) is 0 Å². The molecule has 5 heteroatoms. The third-order valence-electron chi connectivity index (χ3n) is 12.0. The lowest BCUT2D eigenvalue weighted by Gasteiger charge is -2.59. The van der Waals surface area contributed by atoms with Gasteiger partial charge in [-0.15, -0.1) is 0 Å². The van der Waals surface area contributed by atoms with Crippen LogP contribution in [0.5, 0.6) is 0 Å². The number of rotatable bonds is 13. The monoisotopic (exact) mass is 546 g/mol. The highest BCUT2D eigenvalue weighted by Gasteiger charge is 2.59. The van der Waals surface area contributed by atoms with Crippen LogP contribution in [0.15, 0.2) is 11.6 Å². The molecule has 5 unspecified atom stereocenters. The summed E-state index contributed by atoms with van der Waals surface area (Å²) in [6, 6.07) is 0. The van der Waals surface area contributed by atoms with Crippen LogP contribution < -0.4 is 0 Å². The second-order valence-electron chi connectivity index (χ2n) is 14.5. The van der Waals surface area contributed by atoms with E-state index in [0.29, 0.717) is 31.8 Å². The van der Waals surface area contributed by atoms with E-state index in [1.807, 2.05) is 6.92 Å². The zero-order valence-corrected chi connectivity index (χ0v) is 25.9. The van der Waals surface area contributed by atoms with Gasteiger partial charge < -0.3 is 19.3 Å². The number of carbonyl (C=O) groups is 1. The largest absolute Gasteiger partial charge is 0.506 e. The third kappa shape index (κ3) is 6.71. The fourth-order valence-corrected chi connectivity index (χ4v) is 9.89. The van der Waals surface area contributed by atoms with Gasteiger partial charge in [-0.1, -0.05) is 65.5 Å². The van der Waals surface area contributed by atoms with Gasteiger partial charge in [0, 0.05) is 12.5 Å². The van der Waals surface area contributed by atoms with E-state index in [0.717, 1.165) is 54.8 Å². The predicted molar refractivity (Wildman–Crippen MR) is 157 cm³/mol. The van der Waals surface area contributed by atoms with Gasteiger partial charge in [-0.05, 0) is 105 Å². The summed E-state index contributed by atoms with van der Waals surface area (Å²) in [5, 5.41) is 9.42. The van der Waals surface area contributed by atoms with Crippen molar-refractivity contribution >= 4 is 6.16 Å². The first-order valence-electron chi connectivity index (χ1n) is 16.3. The minimum absolute atomic E-state index is 0.195. The summed E-state index contributed by atoms with van der Waals surface area (Å²) in [5.41, 5.74) is 2.34. The molecule has 0 saturated heterocycles. The Labute approximate surface area is 238 Å². The second kappa shape index (κ2) is 13.3. The highest BCUT2D eigenvalue weighted by Crippen LogP contribution is 2.67. The van der Waals surface area contributed by atoms with Gasteiger partial charge in [0.15, 0.2) is 0 Å². The molecule has 0 amide bonds. The fraction of sp³-hybridized carbons (Fsp3) is 0.912. The molecule has 4 aliphatic rings. The Balaban J connectivity index is 1.41. The highest BCUT2D eigenvalue weighted by molar-refractivity contribution is 5.57. The Kier molecular flexibility index (Phi) is 10.5.